The van der Waals surface area contributed by atoms with Crippen LogP contribution in [-0.4, -0.2) is 52.0 Å². The number of amides is 2. The van der Waals surface area contributed by atoms with Gasteiger partial charge < -0.3 is 15.5 Å². The van der Waals surface area contributed by atoms with Gasteiger partial charge in [-0.05, 0) is 31.7 Å². The number of benzene rings is 1. The molecule has 0 spiro atoms. The van der Waals surface area contributed by atoms with E-state index in [-0.39, 0.29) is 24.4 Å². The lowest BCUT2D eigenvalue weighted by Gasteiger charge is -2.18. The molecule has 0 fully saturated rings. The van der Waals surface area contributed by atoms with Crippen molar-refractivity contribution in [3.8, 4) is 0 Å². The predicted octanol–water partition coefficient (Wildman–Crippen LogP) is 1.48. The second-order valence-corrected chi connectivity index (χ2v) is 7.37. The van der Waals surface area contributed by atoms with E-state index in [9.17, 15) is 13.2 Å². The molecule has 0 aliphatic carbocycles. The second-order valence-electron chi connectivity index (χ2n) is 5.11. The van der Waals surface area contributed by atoms with Gasteiger partial charge in [0, 0.05) is 31.6 Å². The first-order chi connectivity index (χ1) is 9.73. The van der Waals surface area contributed by atoms with E-state index in [0.29, 0.717) is 5.69 Å². The van der Waals surface area contributed by atoms with Crippen molar-refractivity contribution in [2.45, 2.75) is 13.0 Å². The van der Waals surface area contributed by atoms with Crippen molar-refractivity contribution >= 4 is 21.6 Å². The van der Waals surface area contributed by atoms with Gasteiger partial charge in [0.15, 0.2) is 0 Å². The highest BCUT2D eigenvalue weighted by molar-refractivity contribution is 7.90. The van der Waals surface area contributed by atoms with Crippen LogP contribution in [0.25, 0.3) is 0 Å². The van der Waals surface area contributed by atoms with Crippen LogP contribution in [0.3, 0.4) is 0 Å². The molecular formula is C14H23N3O3S. The number of rotatable bonds is 6. The maximum atomic E-state index is 11.9. The molecule has 1 atom stereocenters. The van der Waals surface area contributed by atoms with E-state index < -0.39 is 9.84 Å². The molecule has 2 amide bonds. The van der Waals surface area contributed by atoms with E-state index in [1.807, 2.05) is 38.2 Å². The van der Waals surface area contributed by atoms with E-state index in [4.69, 9.17) is 0 Å². The molecule has 0 bridgehead atoms. The lowest BCUT2D eigenvalue weighted by Crippen LogP contribution is -2.34. The highest BCUT2D eigenvalue weighted by atomic mass is 32.2. The Hall–Kier alpha value is -1.60. The maximum Gasteiger partial charge on any atom is 0.321 e. The highest BCUT2D eigenvalue weighted by Gasteiger charge is 2.12. The summed E-state index contributed by atoms with van der Waals surface area (Å²) >= 11 is 0. The predicted molar refractivity (Wildman–Crippen MR) is 85.3 cm³/mol. The molecule has 0 aliphatic heterocycles. The molecule has 1 rings (SSSR count). The van der Waals surface area contributed by atoms with Crippen molar-refractivity contribution in [2.75, 3.05) is 38.0 Å². The Kier molecular flexibility index (Phi) is 6.17. The second kappa shape index (κ2) is 7.42. The first-order valence-electron chi connectivity index (χ1n) is 6.70. The quantitative estimate of drug-likeness (QED) is 0.834. The molecular weight excluding hydrogens is 290 g/mol. The Balaban J connectivity index is 2.58. The minimum Gasteiger partial charge on any atom is -0.327 e. The zero-order valence-electron chi connectivity index (χ0n) is 12.9. The summed E-state index contributed by atoms with van der Waals surface area (Å²) in [6, 6.07) is 7.44. The van der Waals surface area contributed by atoms with Gasteiger partial charge in [-0.2, -0.15) is 0 Å². The summed E-state index contributed by atoms with van der Waals surface area (Å²) in [5.41, 5.74) is 1.80. The molecule has 6 nitrogen and oxygen atoms in total. The third kappa shape index (κ3) is 6.14. The molecule has 0 radical (unpaired) electrons. The van der Waals surface area contributed by atoms with Gasteiger partial charge in [-0.1, -0.05) is 12.1 Å². The van der Waals surface area contributed by atoms with Gasteiger partial charge in [0.05, 0.1) is 5.75 Å². The molecule has 0 aromatic heterocycles. The molecule has 1 aromatic rings. The Labute approximate surface area is 126 Å². The van der Waals surface area contributed by atoms with Crippen LogP contribution in [0.1, 0.15) is 18.5 Å². The van der Waals surface area contributed by atoms with Crippen LogP contribution in [0.2, 0.25) is 0 Å². The zero-order valence-corrected chi connectivity index (χ0v) is 13.7. The third-order valence-electron chi connectivity index (χ3n) is 3.24. The zero-order chi connectivity index (χ0) is 16.0. The lowest BCUT2D eigenvalue weighted by atomic mass is 10.1. The van der Waals surface area contributed by atoms with Crippen LogP contribution in [0, 0.1) is 0 Å². The molecule has 7 heteroatoms. The Bertz CT molecular complexity index is 570. The summed E-state index contributed by atoms with van der Waals surface area (Å²) in [5, 5.41) is 5.87. The smallest absolute Gasteiger partial charge is 0.321 e. The van der Waals surface area contributed by atoms with E-state index in [1.54, 1.807) is 7.05 Å². The van der Waals surface area contributed by atoms with E-state index >= 15 is 0 Å². The number of nitrogens with one attached hydrogen (secondary N) is 2. The van der Waals surface area contributed by atoms with Gasteiger partial charge in [0.2, 0.25) is 0 Å². The Morgan fingerprint density at radius 2 is 1.86 bits per heavy atom. The number of carbonyl (C=O) groups excluding carboxylic acids is 1. The summed E-state index contributed by atoms with van der Waals surface area (Å²) in [4.78, 5) is 13.3. The summed E-state index contributed by atoms with van der Waals surface area (Å²) < 4.78 is 22.2. The van der Waals surface area contributed by atoms with Gasteiger partial charge >= 0.3 is 6.03 Å². The van der Waals surface area contributed by atoms with Gasteiger partial charge in [-0.3, -0.25) is 0 Å². The monoisotopic (exact) mass is 313 g/mol. The van der Waals surface area contributed by atoms with E-state index in [2.05, 4.69) is 10.6 Å². The maximum absolute atomic E-state index is 11.9. The fourth-order valence-corrected chi connectivity index (χ4v) is 2.25. The van der Waals surface area contributed by atoms with E-state index in [0.717, 1.165) is 11.8 Å². The van der Waals surface area contributed by atoms with Gasteiger partial charge in [0.1, 0.15) is 9.84 Å². The normalized spacial score (nSPS) is 12.8. The fraction of sp³-hybridized carbons (Fsp3) is 0.500. The summed E-state index contributed by atoms with van der Waals surface area (Å²) in [6.45, 7) is 2.21. The van der Waals surface area contributed by atoms with Crippen LogP contribution in [-0.2, 0) is 9.84 Å². The largest absolute Gasteiger partial charge is 0.327 e. The molecule has 21 heavy (non-hydrogen) atoms. The first-order valence-corrected chi connectivity index (χ1v) is 8.76. The average molecular weight is 313 g/mol. The minimum atomic E-state index is -3.07. The van der Waals surface area contributed by atoms with Crippen LogP contribution >= 0.6 is 0 Å². The van der Waals surface area contributed by atoms with Gasteiger partial charge in [-0.25, -0.2) is 13.2 Å². The van der Waals surface area contributed by atoms with Gasteiger partial charge in [-0.15, -0.1) is 0 Å². The lowest BCUT2D eigenvalue weighted by molar-refractivity contribution is 0.225. The standard InChI is InChI=1S/C14H23N3O3S/c1-11(15-2)12-5-7-13(8-6-12)16-14(18)17(3)9-10-21(4,19)20/h5-8,11,15H,9-10H2,1-4H3,(H,16,18). The first kappa shape index (κ1) is 17.5. The minimum absolute atomic E-state index is 0.0461. The summed E-state index contributed by atoms with van der Waals surface area (Å²) in [6.07, 6.45) is 1.15. The van der Waals surface area contributed by atoms with Crippen molar-refractivity contribution in [1.29, 1.82) is 0 Å². The van der Waals surface area contributed by atoms with Crippen LogP contribution in [0.5, 0.6) is 0 Å². The molecule has 2 N–H and O–H groups in total. The molecule has 0 heterocycles. The molecule has 1 aromatic carbocycles. The number of carbonyl (C=O) groups is 1. The molecule has 0 saturated carbocycles. The number of hydrogen-bond acceptors (Lipinski definition) is 4. The van der Waals surface area contributed by atoms with Crippen LogP contribution in [0.15, 0.2) is 24.3 Å². The van der Waals surface area contributed by atoms with Gasteiger partial charge in [0.25, 0.3) is 0 Å². The van der Waals surface area contributed by atoms with Crippen molar-refractivity contribution in [2.24, 2.45) is 0 Å². The summed E-state index contributed by atoms with van der Waals surface area (Å²) in [7, 11) is 0.381. The number of hydrogen-bond donors (Lipinski definition) is 2. The van der Waals surface area contributed by atoms with Crippen molar-refractivity contribution in [1.82, 2.24) is 10.2 Å². The fourth-order valence-electron chi connectivity index (χ4n) is 1.64. The van der Waals surface area contributed by atoms with Crippen LogP contribution < -0.4 is 10.6 Å². The van der Waals surface area contributed by atoms with E-state index in [1.165, 1.54) is 4.90 Å². The molecule has 118 valence electrons. The SMILES string of the molecule is CNC(C)c1ccc(NC(=O)N(C)CCS(C)(=O)=O)cc1. The Morgan fingerprint density at radius 3 is 2.33 bits per heavy atom. The Morgan fingerprint density at radius 1 is 1.29 bits per heavy atom. The number of sulfone groups is 1. The highest BCUT2D eigenvalue weighted by Crippen LogP contribution is 2.15. The van der Waals surface area contributed by atoms with Crippen molar-refractivity contribution in [3.63, 3.8) is 0 Å². The number of nitrogens with zero attached hydrogens (tertiary/aromatic N) is 1. The third-order valence-corrected chi connectivity index (χ3v) is 4.16. The number of urea groups is 1. The number of anilines is 1. The van der Waals surface area contributed by atoms with Crippen molar-refractivity contribution < 1.29 is 13.2 Å². The molecule has 0 aliphatic rings. The topological polar surface area (TPSA) is 78.5 Å². The van der Waals surface area contributed by atoms with Crippen LogP contribution in [0.4, 0.5) is 10.5 Å². The molecule has 1 unspecified atom stereocenters. The molecule has 0 saturated heterocycles. The summed E-state index contributed by atoms with van der Waals surface area (Å²) in [5.74, 6) is -0.0461. The average Bonchev–Trinajstić information content (AvgIpc) is 2.43. The van der Waals surface area contributed by atoms with Crippen molar-refractivity contribution in [3.05, 3.63) is 29.8 Å².